The SMILES string of the molecule is CC(C)(PC1CCCCC1)C1CCCC1.[H-].[Li+]. The van der Waals surface area contributed by atoms with Gasteiger partial charge in [0.15, 0.2) is 0 Å². The van der Waals surface area contributed by atoms with Gasteiger partial charge in [0.25, 0.3) is 0 Å². The largest absolute Gasteiger partial charge is 1.00 e. The fraction of sp³-hybridized carbons (Fsp3) is 1.00. The van der Waals surface area contributed by atoms with E-state index >= 15 is 0 Å². The van der Waals surface area contributed by atoms with Crippen LogP contribution in [-0.4, -0.2) is 10.8 Å². The molecule has 2 saturated carbocycles. The summed E-state index contributed by atoms with van der Waals surface area (Å²) in [4.78, 5) is 0. The molecular formula is C14H28LiP. The van der Waals surface area contributed by atoms with Gasteiger partial charge in [0.1, 0.15) is 0 Å². The van der Waals surface area contributed by atoms with E-state index in [2.05, 4.69) is 13.8 Å². The monoisotopic (exact) mass is 234 g/mol. The molecule has 16 heavy (non-hydrogen) atoms. The molecule has 1 atom stereocenters. The van der Waals surface area contributed by atoms with Gasteiger partial charge in [0.2, 0.25) is 0 Å². The molecule has 0 aromatic rings. The van der Waals surface area contributed by atoms with Crippen molar-refractivity contribution in [2.45, 2.75) is 82.4 Å². The van der Waals surface area contributed by atoms with E-state index in [9.17, 15) is 0 Å². The first kappa shape index (κ1) is 15.1. The Morgan fingerprint density at radius 1 is 0.875 bits per heavy atom. The third kappa shape index (κ3) is 4.05. The van der Waals surface area contributed by atoms with Crippen LogP contribution in [0.4, 0.5) is 0 Å². The molecule has 0 aromatic carbocycles. The maximum Gasteiger partial charge on any atom is 1.00 e. The quantitative estimate of drug-likeness (QED) is 0.518. The summed E-state index contributed by atoms with van der Waals surface area (Å²) in [5.41, 5.74) is 1.09. The van der Waals surface area contributed by atoms with Crippen molar-refractivity contribution in [3.63, 3.8) is 0 Å². The van der Waals surface area contributed by atoms with Gasteiger partial charge in [-0.05, 0) is 42.4 Å². The minimum atomic E-state index is 0. The average Bonchev–Trinajstić information content (AvgIpc) is 2.71. The molecule has 2 fully saturated rings. The van der Waals surface area contributed by atoms with Crippen molar-refractivity contribution in [2.75, 3.05) is 0 Å². The van der Waals surface area contributed by atoms with E-state index in [1.165, 1.54) is 66.4 Å². The van der Waals surface area contributed by atoms with Crippen LogP contribution in [0.1, 0.15) is 73.1 Å². The molecule has 2 rings (SSSR count). The molecule has 0 nitrogen and oxygen atoms in total. The van der Waals surface area contributed by atoms with Crippen molar-refractivity contribution in [1.29, 1.82) is 0 Å². The zero-order chi connectivity index (χ0) is 10.7. The van der Waals surface area contributed by atoms with Crippen molar-refractivity contribution < 1.29 is 20.3 Å². The third-order valence-electron chi connectivity index (χ3n) is 4.56. The molecular weight excluding hydrogens is 206 g/mol. The standard InChI is InChI=1S/C14H27P.Li.H/c1-14(2,12-8-6-7-9-12)15-13-10-4-3-5-11-13;;/h12-13,15H,3-11H2,1-2H3;;/q;+1;-1. The predicted octanol–water partition coefficient (Wildman–Crippen LogP) is 2.08. The van der Waals surface area contributed by atoms with E-state index in [0.29, 0.717) is 5.16 Å². The first-order chi connectivity index (χ1) is 7.18. The summed E-state index contributed by atoms with van der Waals surface area (Å²) < 4.78 is 0. The molecule has 0 aliphatic heterocycles. The summed E-state index contributed by atoms with van der Waals surface area (Å²) in [6.45, 7) is 5.10. The summed E-state index contributed by atoms with van der Waals surface area (Å²) in [6.07, 6.45) is 13.6. The van der Waals surface area contributed by atoms with E-state index in [0.717, 1.165) is 11.6 Å². The van der Waals surface area contributed by atoms with E-state index in [1.54, 1.807) is 0 Å². The molecule has 1 unspecified atom stereocenters. The minimum Gasteiger partial charge on any atom is -1.00 e. The maximum atomic E-state index is 2.55. The smallest absolute Gasteiger partial charge is 1.00 e. The molecule has 0 amide bonds. The fourth-order valence-corrected chi connectivity index (χ4v) is 5.81. The molecule has 0 aromatic heterocycles. The third-order valence-corrected chi connectivity index (χ3v) is 6.69. The molecule has 0 bridgehead atoms. The van der Waals surface area contributed by atoms with Crippen molar-refractivity contribution in [2.24, 2.45) is 5.92 Å². The Balaban J connectivity index is 0.00000128. The van der Waals surface area contributed by atoms with Gasteiger partial charge in [0, 0.05) is 0 Å². The zero-order valence-corrected chi connectivity index (χ0v) is 12.5. The molecule has 2 aliphatic rings. The minimum absolute atomic E-state index is 0. The first-order valence-corrected chi connectivity index (χ1v) is 8.04. The van der Waals surface area contributed by atoms with Gasteiger partial charge in [-0.2, -0.15) is 0 Å². The van der Waals surface area contributed by atoms with Crippen LogP contribution < -0.4 is 18.9 Å². The molecule has 0 N–H and O–H groups in total. The Morgan fingerprint density at radius 2 is 1.38 bits per heavy atom. The van der Waals surface area contributed by atoms with Crippen molar-refractivity contribution in [3.05, 3.63) is 0 Å². The molecule has 2 aliphatic carbocycles. The van der Waals surface area contributed by atoms with Crippen LogP contribution >= 0.6 is 8.58 Å². The summed E-state index contributed by atoms with van der Waals surface area (Å²) >= 11 is 0. The van der Waals surface area contributed by atoms with Crippen LogP contribution in [0.3, 0.4) is 0 Å². The molecule has 0 heterocycles. The Morgan fingerprint density at radius 3 is 1.94 bits per heavy atom. The maximum absolute atomic E-state index is 2.55. The summed E-state index contributed by atoms with van der Waals surface area (Å²) in [6, 6.07) is 0. The Labute approximate surface area is 117 Å². The van der Waals surface area contributed by atoms with Gasteiger partial charge in [-0.25, -0.2) is 0 Å². The fourth-order valence-electron chi connectivity index (χ4n) is 3.54. The average molecular weight is 234 g/mol. The van der Waals surface area contributed by atoms with Crippen molar-refractivity contribution in [1.82, 2.24) is 0 Å². The normalized spacial score (nSPS) is 25.1. The Bertz CT molecular complexity index is 196. The van der Waals surface area contributed by atoms with E-state index < -0.39 is 0 Å². The van der Waals surface area contributed by atoms with Crippen LogP contribution in [-0.2, 0) is 0 Å². The van der Waals surface area contributed by atoms with E-state index in [1.807, 2.05) is 0 Å². The van der Waals surface area contributed by atoms with Crippen LogP contribution in [0.2, 0.25) is 0 Å². The molecule has 2 heteroatoms. The summed E-state index contributed by atoms with van der Waals surface area (Å²) in [5, 5.41) is 0.665. The van der Waals surface area contributed by atoms with Gasteiger partial charge in [-0.15, -0.1) is 8.58 Å². The van der Waals surface area contributed by atoms with Crippen LogP contribution in [0, 0.1) is 5.92 Å². The van der Waals surface area contributed by atoms with Gasteiger partial charge in [-0.1, -0.05) is 46.0 Å². The van der Waals surface area contributed by atoms with Gasteiger partial charge in [-0.3, -0.25) is 0 Å². The number of hydrogen-bond donors (Lipinski definition) is 0. The Hall–Kier alpha value is 1.03. The van der Waals surface area contributed by atoms with E-state index in [4.69, 9.17) is 0 Å². The summed E-state index contributed by atoms with van der Waals surface area (Å²) in [7, 11) is 1.24. The first-order valence-electron chi connectivity index (χ1n) is 6.96. The van der Waals surface area contributed by atoms with Gasteiger partial charge >= 0.3 is 18.9 Å². The van der Waals surface area contributed by atoms with Crippen molar-refractivity contribution in [3.8, 4) is 0 Å². The van der Waals surface area contributed by atoms with Gasteiger partial charge in [0.05, 0.1) is 0 Å². The zero-order valence-electron chi connectivity index (χ0n) is 12.5. The van der Waals surface area contributed by atoms with Crippen LogP contribution in [0.15, 0.2) is 0 Å². The number of hydrogen-bond acceptors (Lipinski definition) is 0. The van der Waals surface area contributed by atoms with E-state index in [-0.39, 0.29) is 20.3 Å². The molecule has 0 spiro atoms. The van der Waals surface area contributed by atoms with Crippen LogP contribution in [0.25, 0.3) is 0 Å². The molecule has 0 saturated heterocycles. The number of rotatable bonds is 3. The Kier molecular flexibility index (Phi) is 6.44. The van der Waals surface area contributed by atoms with Gasteiger partial charge < -0.3 is 1.43 Å². The molecule has 0 radical (unpaired) electrons. The summed E-state index contributed by atoms with van der Waals surface area (Å²) in [5.74, 6) is 1.05. The molecule has 90 valence electrons. The second kappa shape index (κ2) is 6.83. The second-order valence-corrected chi connectivity index (χ2v) is 8.58. The van der Waals surface area contributed by atoms with Crippen LogP contribution in [0.5, 0.6) is 0 Å². The van der Waals surface area contributed by atoms with Crippen molar-refractivity contribution >= 4 is 8.58 Å². The topological polar surface area (TPSA) is 0 Å². The second-order valence-electron chi connectivity index (χ2n) is 6.18. The predicted molar refractivity (Wildman–Crippen MR) is 72.3 cm³/mol.